The number of esters is 1. The molecular weight excluding hydrogens is 228 g/mol. The predicted molar refractivity (Wildman–Crippen MR) is 73.6 cm³/mol. The maximum absolute atomic E-state index is 11.8. The van der Waals surface area contributed by atoms with E-state index < -0.39 is 5.54 Å². The van der Waals surface area contributed by atoms with Crippen LogP contribution in [0, 0.1) is 5.92 Å². The highest BCUT2D eigenvalue weighted by molar-refractivity contribution is 5.80. The van der Waals surface area contributed by atoms with E-state index >= 15 is 0 Å². The molecule has 106 valence electrons. The Balaban J connectivity index is 2.45. The summed E-state index contributed by atoms with van der Waals surface area (Å²) < 4.78 is 4.87. The number of nitrogens with one attached hydrogen (secondary N) is 1. The summed E-state index contributed by atoms with van der Waals surface area (Å²) in [4.78, 5) is 14.2. The van der Waals surface area contributed by atoms with E-state index in [1.54, 1.807) is 0 Å². The number of carbonyl (C=O) groups is 1. The van der Waals surface area contributed by atoms with E-state index in [-0.39, 0.29) is 5.97 Å². The molecule has 0 aromatic rings. The number of rotatable bonds is 6. The van der Waals surface area contributed by atoms with Crippen molar-refractivity contribution in [1.82, 2.24) is 10.2 Å². The molecule has 1 fully saturated rings. The van der Waals surface area contributed by atoms with Gasteiger partial charge < -0.3 is 15.0 Å². The standard InChI is InChI=1S/C14H28N2O2/c1-5-12-7-6-9-16(11-12)10-8-14(2,15-3)13(17)18-4/h12,15H,5-11H2,1-4H3. The van der Waals surface area contributed by atoms with Crippen LogP contribution >= 0.6 is 0 Å². The normalized spacial score (nSPS) is 24.6. The first kappa shape index (κ1) is 15.4. The SMILES string of the molecule is CCC1CCCN(CCC(C)(NC)C(=O)OC)C1. The van der Waals surface area contributed by atoms with Gasteiger partial charge in [0.05, 0.1) is 7.11 Å². The maximum atomic E-state index is 11.8. The summed E-state index contributed by atoms with van der Waals surface area (Å²) in [5, 5.41) is 3.09. The summed E-state index contributed by atoms with van der Waals surface area (Å²) in [5.74, 6) is 0.659. The van der Waals surface area contributed by atoms with E-state index in [0.717, 1.165) is 25.4 Å². The molecule has 0 spiro atoms. The summed E-state index contributed by atoms with van der Waals surface area (Å²) in [6, 6.07) is 0. The van der Waals surface area contributed by atoms with Gasteiger partial charge in [-0.2, -0.15) is 0 Å². The van der Waals surface area contributed by atoms with E-state index in [9.17, 15) is 4.79 Å². The van der Waals surface area contributed by atoms with E-state index in [0.29, 0.717) is 0 Å². The van der Waals surface area contributed by atoms with Crippen molar-refractivity contribution in [2.75, 3.05) is 33.8 Å². The molecule has 1 aliphatic heterocycles. The number of likely N-dealkylation sites (tertiary alicyclic amines) is 1. The number of hydrogen-bond donors (Lipinski definition) is 1. The molecule has 0 aromatic carbocycles. The summed E-state index contributed by atoms with van der Waals surface area (Å²) in [6.07, 6.45) is 4.70. The zero-order valence-electron chi connectivity index (χ0n) is 12.3. The van der Waals surface area contributed by atoms with Crippen LogP contribution in [0.25, 0.3) is 0 Å². The van der Waals surface area contributed by atoms with Crippen molar-refractivity contribution in [3.63, 3.8) is 0 Å². The number of piperidine rings is 1. The van der Waals surface area contributed by atoms with Crippen molar-refractivity contribution < 1.29 is 9.53 Å². The van der Waals surface area contributed by atoms with E-state index in [4.69, 9.17) is 4.74 Å². The lowest BCUT2D eigenvalue weighted by Gasteiger charge is -2.35. The van der Waals surface area contributed by atoms with E-state index in [2.05, 4.69) is 17.1 Å². The third kappa shape index (κ3) is 3.95. The second kappa shape index (κ2) is 7.10. The lowest BCUT2D eigenvalue weighted by molar-refractivity contribution is -0.148. The van der Waals surface area contributed by atoms with Crippen LogP contribution in [0.3, 0.4) is 0 Å². The minimum Gasteiger partial charge on any atom is -0.468 e. The fourth-order valence-electron chi connectivity index (χ4n) is 2.62. The molecule has 1 N–H and O–H groups in total. The Morgan fingerprint density at radius 1 is 1.56 bits per heavy atom. The van der Waals surface area contributed by atoms with Crippen LogP contribution in [0.2, 0.25) is 0 Å². The number of methoxy groups -OCH3 is 1. The predicted octanol–water partition coefficient (Wildman–Crippen LogP) is 1.65. The van der Waals surface area contributed by atoms with Crippen LogP contribution in [-0.4, -0.2) is 50.2 Å². The summed E-state index contributed by atoms with van der Waals surface area (Å²) in [7, 11) is 3.27. The fourth-order valence-corrected chi connectivity index (χ4v) is 2.62. The van der Waals surface area contributed by atoms with Gasteiger partial charge in [-0.25, -0.2) is 0 Å². The number of ether oxygens (including phenoxy) is 1. The van der Waals surface area contributed by atoms with E-state index in [1.165, 1.54) is 32.9 Å². The van der Waals surface area contributed by atoms with Gasteiger partial charge in [0.15, 0.2) is 0 Å². The molecule has 1 aliphatic rings. The zero-order valence-corrected chi connectivity index (χ0v) is 12.3. The van der Waals surface area contributed by atoms with Crippen molar-refractivity contribution in [3.8, 4) is 0 Å². The molecule has 1 heterocycles. The van der Waals surface area contributed by atoms with Gasteiger partial charge in [0.2, 0.25) is 0 Å². The van der Waals surface area contributed by atoms with Crippen LogP contribution in [0.15, 0.2) is 0 Å². The van der Waals surface area contributed by atoms with Gasteiger partial charge in [-0.3, -0.25) is 4.79 Å². The molecule has 0 aliphatic carbocycles. The second-order valence-electron chi connectivity index (χ2n) is 5.54. The molecular formula is C14H28N2O2. The lowest BCUT2D eigenvalue weighted by atomic mass is 9.93. The molecule has 0 bridgehead atoms. The van der Waals surface area contributed by atoms with Gasteiger partial charge in [0.25, 0.3) is 0 Å². The number of likely N-dealkylation sites (N-methyl/N-ethyl adjacent to an activating group) is 1. The summed E-state index contributed by atoms with van der Waals surface area (Å²) in [6.45, 7) is 7.48. The Bertz CT molecular complexity index is 271. The van der Waals surface area contributed by atoms with Crippen molar-refractivity contribution in [2.45, 2.75) is 45.1 Å². The quantitative estimate of drug-likeness (QED) is 0.734. The van der Waals surface area contributed by atoms with Gasteiger partial charge in [-0.15, -0.1) is 0 Å². The Hall–Kier alpha value is -0.610. The van der Waals surface area contributed by atoms with Crippen LogP contribution in [0.5, 0.6) is 0 Å². The van der Waals surface area contributed by atoms with Crippen LogP contribution in [0.4, 0.5) is 0 Å². The maximum Gasteiger partial charge on any atom is 0.325 e. The molecule has 0 radical (unpaired) electrons. The molecule has 0 aromatic heterocycles. The minimum atomic E-state index is -0.562. The van der Waals surface area contributed by atoms with Gasteiger partial charge in [0.1, 0.15) is 5.54 Å². The average Bonchev–Trinajstić information content (AvgIpc) is 2.44. The van der Waals surface area contributed by atoms with Crippen molar-refractivity contribution >= 4 is 5.97 Å². The summed E-state index contributed by atoms with van der Waals surface area (Å²) >= 11 is 0. The fraction of sp³-hybridized carbons (Fsp3) is 0.929. The highest BCUT2D eigenvalue weighted by Crippen LogP contribution is 2.21. The first-order chi connectivity index (χ1) is 8.55. The van der Waals surface area contributed by atoms with E-state index in [1.807, 2.05) is 14.0 Å². The third-order valence-corrected chi connectivity index (χ3v) is 4.30. The topological polar surface area (TPSA) is 41.6 Å². The van der Waals surface area contributed by atoms with Crippen molar-refractivity contribution in [1.29, 1.82) is 0 Å². The average molecular weight is 256 g/mol. The number of nitrogens with zero attached hydrogens (tertiary/aromatic N) is 1. The van der Waals surface area contributed by atoms with Gasteiger partial charge in [-0.1, -0.05) is 13.3 Å². The van der Waals surface area contributed by atoms with Gasteiger partial charge in [-0.05, 0) is 45.7 Å². The van der Waals surface area contributed by atoms with Crippen molar-refractivity contribution in [2.24, 2.45) is 5.92 Å². The highest BCUT2D eigenvalue weighted by Gasteiger charge is 2.33. The van der Waals surface area contributed by atoms with Gasteiger partial charge >= 0.3 is 5.97 Å². The largest absolute Gasteiger partial charge is 0.468 e. The highest BCUT2D eigenvalue weighted by atomic mass is 16.5. The van der Waals surface area contributed by atoms with Gasteiger partial charge in [0, 0.05) is 13.1 Å². The van der Waals surface area contributed by atoms with Crippen LogP contribution < -0.4 is 5.32 Å². The molecule has 2 atom stereocenters. The molecule has 18 heavy (non-hydrogen) atoms. The Morgan fingerprint density at radius 2 is 2.28 bits per heavy atom. The Kier molecular flexibility index (Phi) is 6.09. The van der Waals surface area contributed by atoms with Crippen LogP contribution in [-0.2, 0) is 9.53 Å². The zero-order chi connectivity index (χ0) is 13.6. The third-order valence-electron chi connectivity index (χ3n) is 4.30. The smallest absolute Gasteiger partial charge is 0.325 e. The molecule has 1 saturated heterocycles. The molecule has 1 rings (SSSR count). The van der Waals surface area contributed by atoms with Crippen molar-refractivity contribution in [3.05, 3.63) is 0 Å². The molecule has 0 amide bonds. The molecule has 4 nitrogen and oxygen atoms in total. The molecule has 2 unspecified atom stereocenters. The Morgan fingerprint density at radius 3 is 2.83 bits per heavy atom. The molecule has 4 heteroatoms. The lowest BCUT2D eigenvalue weighted by Crippen LogP contribution is -2.51. The first-order valence-corrected chi connectivity index (χ1v) is 7.05. The monoisotopic (exact) mass is 256 g/mol. The minimum absolute atomic E-state index is 0.172. The van der Waals surface area contributed by atoms with Crippen LogP contribution in [0.1, 0.15) is 39.5 Å². The Labute approximate surface area is 111 Å². The second-order valence-corrected chi connectivity index (χ2v) is 5.54. The number of hydrogen-bond acceptors (Lipinski definition) is 4. The molecule has 0 saturated carbocycles. The number of carbonyl (C=O) groups excluding carboxylic acids is 1. The first-order valence-electron chi connectivity index (χ1n) is 7.05. The summed E-state index contributed by atoms with van der Waals surface area (Å²) in [5.41, 5.74) is -0.562.